The molecule has 0 bridgehead atoms. The molecule has 0 unspecified atom stereocenters. The third kappa shape index (κ3) is 3.06. The molecule has 0 spiro atoms. The number of hydrogen-bond acceptors (Lipinski definition) is 7. The van der Waals surface area contributed by atoms with Crippen molar-refractivity contribution < 1.29 is 42.4 Å². The molecule has 0 atom stereocenters. The number of hydrogen-bond donors (Lipinski definition) is 2. The van der Waals surface area contributed by atoms with E-state index in [0.29, 0.717) is 0 Å². The minimum absolute atomic E-state index is 0. The summed E-state index contributed by atoms with van der Waals surface area (Å²) in [6, 6.07) is 0. The van der Waals surface area contributed by atoms with Crippen LogP contribution in [0.15, 0.2) is 0 Å². The fourth-order valence-electron chi connectivity index (χ4n) is 0.514. The Morgan fingerprint density at radius 3 is 2.13 bits per heavy atom. The van der Waals surface area contributed by atoms with E-state index < -0.39 is 26.0 Å². The number of carboxylic acid groups (broad SMARTS) is 1. The monoisotopic (exact) mass is 243 g/mol. The van der Waals surface area contributed by atoms with Crippen molar-refractivity contribution in [2.24, 2.45) is 0 Å². The first-order valence-corrected chi connectivity index (χ1v) is 4.92. The third-order valence-corrected chi connectivity index (χ3v) is 2.73. The standard InChI is InChI=1S/C3H4F2NO7P.Li.H/c4-11-14(12-5,6-13-14)10-3(9)1-2(7)8;;/h6H,1H2,(H,7,8);;. The first kappa shape index (κ1) is 14.7. The number of carboxylic acids is 1. The van der Waals surface area contributed by atoms with Gasteiger partial charge < -0.3 is 0 Å². The van der Waals surface area contributed by atoms with Crippen LogP contribution < -0.4 is 5.25 Å². The molecule has 1 saturated heterocycles. The molecule has 1 rings (SSSR count). The van der Waals surface area contributed by atoms with Gasteiger partial charge in [-0.15, -0.1) is 0 Å². The molecule has 1 heterocycles. The molecular weight excluding hydrogens is 238 g/mol. The van der Waals surface area contributed by atoms with E-state index in [9.17, 15) is 18.6 Å². The van der Waals surface area contributed by atoms with Gasteiger partial charge in [-0.2, -0.15) is 0 Å². The van der Waals surface area contributed by atoms with Crippen LogP contribution in [0.5, 0.6) is 0 Å². The first-order valence-electron chi connectivity index (χ1n) is 3.01. The Morgan fingerprint density at radius 2 is 1.87 bits per heavy atom. The Labute approximate surface area is 93.0 Å². The fraction of sp³-hybridized carbons (Fsp3) is 0.333. The quantitative estimate of drug-likeness (QED) is 0.295. The van der Waals surface area contributed by atoms with Crippen LogP contribution in [0.2, 0.25) is 0 Å². The average molecular weight is 243 g/mol. The van der Waals surface area contributed by atoms with Crippen LogP contribution >= 0.6 is 7.66 Å². The number of carbonyl (C=O) groups is 2. The van der Waals surface area contributed by atoms with Crippen molar-refractivity contribution >= 4 is 38.5 Å². The van der Waals surface area contributed by atoms with Crippen LogP contribution in [-0.2, 0) is 28.2 Å². The summed E-state index contributed by atoms with van der Waals surface area (Å²) in [5.41, 5.74) is 0. The van der Waals surface area contributed by atoms with E-state index in [-0.39, 0.29) is 18.9 Å². The predicted octanol–water partition coefficient (Wildman–Crippen LogP) is -0.179. The van der Waals surface area contributed by atoms with Crippen LogP contribution in [0.25, 0.3) is 0 Å². The Morgan fingerprint density at radius 1 is 1.40 bits per heavy atom. The molecule has 12 heteroatoms. The molecule has 1 aliphatic rings. The second-order valence-electron chi connectivity index (χ2n) is 2.17. The summed E-state index contributed by atoms with van der Waals surface area (Å²) in [6.07, 6.45) is -1.12. The van der Waals surface area contributed by atoms with Crippen molar-refractivity contribution in [3.05, 3.63) is 0 Å². The van der Waals surface area contributed by atoms with Crippen LogP contribution in [0.3, 0.4) is 0 Å². The molecule has 1 fully saturated rings. The molecule has 15 heavy (non-hydrogen) atoms. The molecule has 1 aliphatic heterocycles. The second-order valence-corrected chi connectivity index (χ2v) is 4.62. The molecule has 0 aromatic heterocycles. The van der Waals surface area contributed by atoms with E-state index in [2.05, 4.69) is 18.6 Å². The minimum atomic E-state index is -5.24. The molecule has 0 radical (unpaired) electrons. The van der Waals surface area contributed by atoms with Gasteiger partial charge in [0, 0.05) is 0 Å². The first-order chi connectivity index (χ1) is 6.45. The van der Waals surface area contributed by atoms with Gasteiger partial charge in [-0.25, -0.2) is 0 Å². The van der Waals surface area contributed by atoms with Gasteiger partial charge in [0.05, 0.1) is 0 Å². The number of rotatable bonds is 5. The zero-order valence-corrected chi connectivity index (χ0v) is 7.20. The third-order valence-electron chi connectivity index (χ3n) is 1.11. The van der Waals surface area contributed by atoms with E-state index >= 15 is 0 Å². The molecule has 0 saturated carbocycles. The summed E-state index contributed by atoms with van der Waals surface area (Å²) in [6.45, 7) is 0. The van der Waals surface area contributed by atoms with Crippen LogP contribution in [0.4, 0.5) is 9.05 Å². The predicted molar refractivity (Wildman–Crippen MR) is 41.0 cm³/mol. The zero-order valence-electron chi connectivity index (χ0n) is 6.31. The zero-order chi connectivity index (χ0) is 10.8. The maximum atomic E-state index is 11.8. The Bertz CT molecular complexity index is 277. The average Bonchev–Trinajstić information content (AvgIpc) is 2.82. The van der Waals surface area contributed by atoms with Gasteiger partial charge in [0.15, 0.2) is 0 Å². The topological polar surface area (TPSA) is 117 Å². The van der Waals surface area contributed by atoms with Gasteiger partial charge in [-0.1, -0.05) is 0 Å². The van der Waals surface area contributed by atoms with Crippen molar-refractivity contribution in [3.63, 3.8) is 0 Å². The molecule has 8 nitrogen and oxygen atoms in total. The van der Waals surface area contributed by atoms with Gasteiger partial charge in [0.1, 0.15) is 0 Å². The van der Waals surface area contributed by atoms with E-state index in [1.54, 1.807) is 0 Å². The van der Waals surface area contributed by atoms with Gasteiger partial charge in [0.2, 0.25) is 0 Å². The summed E-state index contributed by atoms with van der Waals surface area (Å²) in [7, 11) is -5.24. The van der Waals surface area contributed by atoms with Crippen molar-refractivity contribution in [1.29, 1.82) is 0 Å². The van der Waals surface area contributed by atoms with E-state index in [0.717, 1.165) is 0 Å². The Kier molecular flexibility index (Phi) is 4.57. The van der Waals surface area contributed by atoms with Crippen LogP contribution in [0, 0.1) is 0 Å². The number of carbonyl (C=O) groups excluding carboxylic acids is 1. The van der Waals surface area contributed by atoms with E-state index in [1.165, 1.54) is 5.25 Å². The van der Waals surface area contributed by atoms with Gasteiger partial charge in [-0.05, 0) is 0 Å². The second kappa shape index (κ2) is 4.67. The fourth-order valence-corrected chi connectivity index (χ4v) is 1.59. The molecule has 0 aliphatic carbocycles. The summed E-state index contributed by atoms with van der Waals surface area (Å²) in [5, 5.41) is 9.58. The molecular formula is C3H5F2LiNO7P. The van der Waals surface area contributed by atoms with Crippen LogP contribution in [-0.4, -0.2) is 35.9 Å². The maximum absolute atomic E-state index is 11.8. The normalized spacial score (nSPS) is 22.7. The summed E-state index contributed by atoms with van der Waals surface area (Å²) >= 11 is 0. The molecule has 0 aromatic rings. The van der Waals surface area contributed by atoms with Crippen molar-refractivity contribution in [2.75, 3.05) is 0 Å². The molecule has 2 N–H and O–H groups in total. The van der Waals surface area contributed by atoms with Crippen LogP contribution in [0.1, 0.15) is 6.42 Å². The summed E-state index contributed by atoms with van der Waals surface area (Å²) in [5.74, 6) is -3.03. The molecule has 0 amide bonds. The van der Waals surface area contributed by atoms with Crippen molar-refractivity contribution in [2.45, 2.75) is 6.42 Å². The Balaban J connectivity index is 0.00000196. The van der Waals surface area contributed by atoms with Crippen molar-refractivity contribution in [3.8, 4) is 0 Å². The summed E-state index contributed by atoms with van der Waals surface area (Å²) < 4.78 is 37.2. The SMILES string of the molecule is O=C(O)CC(=O)OP1(OF)(OF)NO1.[LiH]. The van der Waals surface area contributed by atoms with Gasteiger partial charge >= 0.3 is 92.5 Å². The number of aliphatic carboxylic acids is 1. The van der Waals surface area contributed by atoms with E-state index in [1.807, 2.05) is 0 Å². The number of nitrogens with one attached hydrogen (secondary N) is 1. The summed E-state index contributed by atoms with van der Waals surface area (Å²) in [4.78, 5) is 20.6. The van der Waals surface area contributed by atoms with Gasteiger partial charge in [0.25, 0.3) is 0 Å². The van der Waals surface area contributed by atoms with Gasteiger partial charge in [-0.3, -0.25) is 0 Å². The number of halogens is 2. The molecule has 0 aromatic carbocycles. The molecule has 84 valence electrons. The van der Waals surface area contributed by atoms with E-state index in [4.69, 9.17) is 5.11 Å². The Hall–Kier alpha value is -0.333. The van der Waals surface area contributed by atoms with Crippen molar-refractivity contribution in [1.82, 2.24) is 5.25 Å².